The highest BCUT2D eigenvalue weighted by Gasteiger charge is 2.23. The van der Waals surface area contributed by atoms with Gasteiger partial charge in [0.2, 0.25) is 0 Å². The van der Waals surface area contributed by atoms with Crippen molar-refractivity contribution in [3.63, 3.8) is 0 Å². The highest BCUT2D eigenvalue weighted by Crippen LogP contribution is 2.19. The van der Waals surface area contributed by atoms with E-state index in [1.165, 1.54) is 0 Å². The molecule has 2 unspecified atom stereocenters. The van der Waals surface area contributed by atoms with Crippen molar-refractivity contribution in [3.8, 4) is 6.07 Å². The van der Waals surface area contributed by atoms with Gasteiger partial charge in [0.05, 0.1) is 0 Å². The first-order valence-corrected chi connectivity index (χ1v) is 5.88. The van der Waals surface area contributed by atoms with E-state index in [4.69, 9.17) is 5.26 Å². The van der Waals surface area contributed by atoms with Crippen LogP contribution in [0.5, 0.6) is 0 Å². The molecule has 1 N–H and O–H groups in total. The lowest BCUT2D eigenvalue weighted by Gasteiger charge is -2.35. The monoisotopic (exact) mass is 231 g/mol. The molecule has 0 radical (unpaired) electrons. The molecule has 2 atom stereocenters. The van der Waals surface area contributed by atoms with Crippen LogP contribution in [-0.2, 0) is 0 Å². The number of nitriles is 1. The third-order valence-corrected chi connectivity index (χ3v) is 3.35. The summed E-state index contributed by atoms with van der Waals surface area (Å²) in [5, 5.41) is 12.3. The lowest BCUT2D eigenvalue weighted by atomic mass is 9.99. The van der Waals surface area contributed by atoms with E-state index in [-0.39, 0.29) is 0 Å². The van der Waals surface area contributed by atoms with Crippen LogP contribution in [0.3, 0.4) is 0 Å². The fraction of sp³-hybridized carbons (Fsp3) is 0.583. The Morgan fingerprint density at radius 1 is 1.47 bits per heavy atom. The van der Waals surface area contributed by atoms with Crippen LogP contribution in [0.25, 0.3) is 0 Å². The molecule has 5 heteroatoms. The number of nitrogens with zero attached hydrogens (tertiary/aromatic N) is 4. The molecule has 1 aliphatic heterocycles. The van der Waals surface area contributed by atoms with Crippen LogP contribution in [0.1, 0.15) is 25.5 Å². The lowest BCUT2D eigenvalue weighted by molar-refractivity contribution is 0.190. The largest absolute Gasteiger partial charge is 0.365 e. The zero-order chi connectivity index (χ0) is 12.3. The van der Waals surface area contributed by atoms with E-state index in [1.54, 1.807) is 12.4 Å². The maximum atomic E-state index is 8.94. The summed E-state index contributed by atoms with van der Waals surface area (Å²) in [7, 11) is 2.14. The number of anilines is 1. The van der Waals surface area contributed by atoms with E-state index in [1.807, 2.05) is 0 Å². The smallest absolute Gasteiger partial charge is 0.182 e. The summed E-state index contributed by atoms with van der Waals surface area (Å²) in [6.07, 6.45) is 5.29. The molecule has 5 nitrogen and oxygen atoms in total. The van der Waals surface area contributed by atoms with Crippen molar-refractivity contribution in [2.75, 3.05) is 18.9 Å². The third-order valence-electron chi connectivity index (χ3n) is 3.35. The second-order valence-electron chi connectivity index (χ2n) is 4.56. The van der Waals surface area contributed by atoms with Crippen molar-refractivity contribution < 1.29 is 0 Å². The number of piperidine rings is 1. The number of nitrogens with one attached hydrogen (secondary N) is 1. The average Bonchev–Trinajstić information content (AvgIpc) is 2.34. The van der Waals surface area contributed by atoms with Gasteiger partial charge in [-0.25, -0.2) is 9.97 Å². The Hall–Kier alpha value is -1.67. The molecular formula is C12H17N5. The van der Waals surface area contributed by atoms with E-state index in [9.17, 15) is 0 Å². The van der Waals surface area contributed by atoms with Crippen LogP contribution in [0.15, 0.2) is 12.4 Å². The van der Waals surface area contributed by atoms with Crippen LogP contribution in [0.4, 0.5) is 5.82 Å². The van der Waals surface area contributed by atoms with Crippen molar-refractivity contribution in [2.45, 2.75) is 31.8 Å². The van der Waals surface area contributed by atoms with E-state index < -0.39 is 0 Å². The Balaban J connectivity index is 2.04. The van der Waals surface area contributed by atoms with Gasteiger partial charge in [0, 0.05) is 31.0 Å². The maximum Gasteiger partial charge on any atom is 0.182 e. The van der Waals surface area contributed by atoms with Gasteiger partial charge >= 0.3 is 0 Å². The zero-order valence-electron chi connectivity index (χ0n) is 10.2. The van der Waals surface area contributed by atoms with Crippen LogP contribution < -0.4 is 5.32 Å². The molecule has 1 saturated heterocycles. The van der Waals surface area contributed by atoms with Crippen molar-refractivity contribution in [3.05, 3.63) is 18.1 Å². The first kappa shape index (κ1) is 11.8. The molecule has 90 valence electrons. The molecule has 1 fully saturated rings. The van der Waals surface area contributed by atoms with Gasteiger partial charge in [-0.2, -0.15) is 5.26 Å². The summed E-state index contributed by atoms with van der Waals surface area (Å²) in [6.45, 7) is 3.29. The molecule has 2 rings (SSSR count). The number of hydrogen-bond donors (Lipinski definition) is 1. The Morgan fingerprint density at radius 3 is 2.94 bits per heavy atom. The van der Waals surface area contributed by atoms with Gasteiger partial charge in [0.1, 0.15) is 6.07 Å². The maximum absolute atomic E-state index is 8.94. The molecule has 0 aliphatic carbocycles. The van der Waals surface area contributed by atoms with E-state index >= 15 is 0 Å². The van der Waals surface area contributed by atoms with Gasteiger partial charge in [0.15, 0.2) is 11.5 Å². The molecule has 0 spiro atoms. The molecule has 2 heterocycles. The summed E-state index contributed by atoms with van der Waals surface area (Å²) in [5.74, 6) is 0.608. The molecule has 0 aromatic carbocycles. The molecule has 17 heavy (non-hydrogen) atoms. The average molecular weight is 231 g/mol. The number of rotatable bonds is 2. The predicted octanol–water partition coefficient (Wildman–Crippen LogP) is 1.24. The topological polar surface area (TPSA) is 64.8 Å². The minimum atomic E-state index is 0.374. The van der Waals surface area contributed by atoms with Gasteiger partial charge in [-0.3, -0.25) is 0 Å². The molecule has 1 aliphatic rings. The normalized spacial score (nSPS) is 25.2. The highest BCUT2D eigenvalue weighted by molar-refractivity contribution is 5.47. The fourth-order valence-corrected chi connectivity index (χ4v) is 2.14. The van der Waals surface area contributed by atoms with Crippen LogP contribution >= 0.6 is 0 Å². The highest BCUT2D eigenvalue weighted by atomic mass is 15.2. The molecule has 0 saturated carbocycles. The van der Waals surface area contributed by atoms with Crippen molar-refractivity contribution in [1.29, 1.82) is 5.26 Å². The van der Waals surface area contributed by atoms with E-state index in [2.05, 4.69) is 40.2 Å². The first-order valence-electron chi connectivity index (χ1n) is 5.88. The Kier molecular flexibility index (Phi) is 3.55. The molecule has 1 aromatic heterocycles. The van der Waals surface area contributed by atoms with Gasteiger partial charge in [-0.05, 0) is 26.8 Å². The van der Waals surface area contributed by atoms with E-state index in [0.717, 1.165) is 19.4 Å². The van der Waals surface area contributed by atoms with Gasteiger partial charge in [-0.15, -0.1) is 0 Å². The first-order chi connectivity index (χ1) is 8.20. The summed E-state index contributed by atoms with van der Waals surface area (Å²) in [6, 6.07) is 3.00. The zero-order valence-corrected chi connectivity index (χ0v) is 10.2. The SMILES string of the molecule is CC1CC(Nc2nccnc2C#N)CCN1C. The number of aromatic nitrogens is 2. The van der Waals surface area contributed by atoms with Crippen molar-refractivity contribution in [1.82, 2.24) is 14.9 Å². The summed E-state index contributed by atoms with van der Waals surface area (Å²) in [4.78, 5) is 10.5. The number of hydrogen-bond acceptors (Lipinski definition) is 5. The van der Waals surface area contributed by atoms with Crippen molar-refractivity contribution in [2.24, 2.45) is 0 Å². The van der Waals surface area contributed by atoms with Gasteiger partial charge < -0.3 is 10.2 Å². The molecule has 0 bridgehead atoms. The summed E-state index contributed by atoms with van der Waals surface area (Å²) >= 11 is 0. The van der Waals surface area contributed by atoms with Crippen LogP contribution in [-0.4, -0.2) is 40.5 Å². The number of likely N-dealkylation sites (tertiary alicyclic amines) is 1. The third kappa shape index (κ3) is 2.71. The summed E-state index contributed by atoms with van der Waals surface area (Å²) < 4.78 is 0. The molecule has 1 aromatic rings. The standard InChI is InChI=1S/C12H17N5/c1-9-7-10(3-6-17(9)2)16-12-11(8-13)14-4-5-15-12/h4-5,9-10H,3,6-7H2,1-2H3,(H,15,16). The predicted molar refractivity (Wildman–Crippen MR) is 65.5 cm³/mol. The van der Waals surface area contributed by atoms with Crippen LogP contribution in [0, 0.1) is 11.3 Å². The second-order valence-corrected chi connectivity index (χ2v) is 4.56. The Labute approximate surface area is 101 Å². The van der Waals surface area contributed by atoms with Gasteiger partial charge in [0.25, 0.3) is 0 Å². The second kappa shape index (κ2) is 5.11. The minimum absolute atomic E-state index is 0.374. The Morgan fingerprint density at radius 2 is 2.24 bits per heavy atom. The van der Waals surface area contributed by atoms with Gasteiger partial charge in [-0.1, -0.05) is 0 Å². The Bertz CT molecular complexity index is 425. The minimum Gasteiger partial charge on any atom is -0.365 e. The van der Waals surface area contributed by atoms with Crippen LogP contribution in [0.2, 0.25) is 0 Å². The molecule has 0 amide bonds. The molecular weight excluding hydrogens is 214 g/mol. The lowest BCUT2D eigenvalue weighted by Crippen LogP contribution is -2.42. The van der Waals surface area contributed by atoms with E-state index in [0.29, 0.717) is 23.6 Å². The fourth-order valence-electron chi connectivity index (χ4n) is 2.14. The quantitative estimate of drug-likeness (QED) is 0.829. The van der Waals surface area contributed by atoms with Crippen molar-refractivity contribution >= 4 is 5.82 Å². The summed E-state index contributed by atoms with van der Waals surface area (Å²) in [5.41, 5.74) is 0.374.